The minimum Gasteiger partial charge on any atom is -0.355 e. The first-order valence-corrected chi connectivity index (χ1v) is 10.4. The van der Waals surface area contributed by atoms with Gasteiger partial charge in [-0.2, -0.15) is 0 Å². The smallest absolute Gasteiger partial charge is 0.209 e. The van der Waals surface area contributed by atoms with Crippen molar-refractivity contribution in [1.29, 1.82) is 0 Å². The van der Waals surface area contributed by atoms with Gasteiger partial charge in [-0.3, -0.25) is 4.99 Å². The van der Waals surface area contributed by atoms with Crippen molar-refractivity contribution in [2.45, 2.75) is 65.0 Å². The van der Waals surface area contributed by atoms with Crippen LogP contribution in [0.5, 0.6) is 0 Å². The lowest BCUT2D eigenvalue weighted by atomic mass is 9.80. The minimum atomic E-state index is -3.23. The second kappa shape index (κ2) is 8.33. The van der Waals surface area contributed by atoms with Crippen LogP contribution >= 0.6 is 0 Å². The van der Waals surface area contributed by atoms with E-state index in [1.807, 2.05) is 13.8 Å². The molecular formula is C16H34N4O2S. The Morgan fingerprint density at radius 2 is 1.78 bits per heavy atom. The van der Waals surface area contributed by atoms with Crippen molar-refractivity contribution >= 4 is 16.0 Å². The Balaban J connectivity index is 2.44. The van der Waals surface area contributed by atoms with Crippen molar-refractivity contribution in [2.24, 2.45) is 16.8 Å². The molecule has 7 heteroatoms. The van der Waals surface area contributed by atoms with E-state index < -0.39 is 15.6 Å². The summed E-state index contributed by atoms with van der Waals surface area (Å²) >= 11 is 0. The fourth-order valence-corrected chi connectivity index (χ4v) is 4.24. The summed E-state index contributed by atoms with van der Waals surface area (Å²) in [7, 11) is -1.49. The van der Waals surface area contributed by atoms with Crippen molar-refractivity contribution in [3.8, 4) is 0 Å². The molecule has 6 nitrogen and oxygen atoms in total. The monoisotopic (exact) mass is 346 g/mol. The van der Waals surface area contributed by atoms with Crippen LogP contribution in [0.4, 0.5) is 0 Å². The predicted molar refractivity (Wildman–Crippen MR) is 97.1 cm³/mol. The molecule has 23 heavy (non-hydrogen) atoms. The maximum atomic E-state index is 11.4. The van der Waals surface area contributed by atoms with Gasteiger partial charge in [-0.25, -0.2) is 13.1 Å². The highest BCUT2D eigenvalue weighted by Crippen LogP contribution is 2.29. The van der Waals surface area contributed by atoms with Crippen LogP contribution in [0.3, 0.4) is 0 Å². The first kappa shape index (κ1) is 20.2. The first-order chi connectivity index (χ1) is 10.5. The Kier molecular flexibility index (Phi) is 7.32. The van der Waals surface area contributed by atoms with Crippen molar-refractivity contribution in [3.63, 3.8) is 0 Å². The average Bonchev–Trinajstić information content (AvgIpc) is 2.41. The number of nitrogens with zero attached hydrogens (tertiary/aromatic N) is 1. The van der Waals surface area contributed by atoms with E-state index in [9.17, 15) is 8.42 Å². The molecule has 0 saturated heterocycles. The normalized spacial score (nSPS) is 23.9. The number of rotatable bonds is 6. The van der Waals surface area contributed by atoms with E-state index >= 15 is 0 Å². The third-order valence-corrected chi connectivity index (χ3v) is 5.36. The lowest BCUT2D eigenvalue weighted by molar-refractivity contribution is 0.250. The van der Waals surface area contributed by atoms with Gasteiger partial charge in [-0.1, -0.05) is 13.8 Å². The van der Waals surface area contributed by atoms with E-state index in [0.717, 1.165) is 30.6 Å². The molecule has 1 saturated carbocycles. The average molecular weight is 347 g/mol. The summed E-state index contributed by atoms with van der Waals surface area (Å²) in [5.41, 5.74) is -0.569. The summed E-state index contributed by atoms with van der Waals surface area (Å²) in [6, 6.07) is 0.446. The predicted octanol–water partition coefficient (Wildman–Crippen LogP) is 1.69. The highest BCUT2D eigenvalue weighted by atomic mass is 32.2. The first-order valence-electron chi connectivity index (χ1n) is 8.48. The maximum Gasteiger partial charge on any atom is 0.209 e. The van der Waals surface area contributed by atoms with Gasteiger partial charge in [-0.05, 0) is 51.4 Å². The van der Waals surface area contributed by atoms with Crippen LogP contribution in [0.25, 0.3) is 0 Å². The Morgan fingerprint density at radius 1 is 1.22 bits per heavy atom. The topological polar surface area (TPSA) is 82.6 Å². The van der Waals surface area contributed by atoms with Crippen LogP contribution in [0.2, 0.25) is 0 Å². The van der Waals surface area contributed by atoms with Gasteiger partial charge >= 0.3 is 0 Å². The van der Waals surface area contributed by atoms with Crippen LogP contribution in [-0.4, -0.2) is 45.8 Å². The van der Waals surface area contributed by atoms with Crippen LogP contribution in [-0.2, 0) is 10.0 Å². The number of guanidine groups is 1. The van der Waals surface area contributed by atoms with Crippen LogP contribution in [0.15, 0.2) is 4.99 Å². The molecule has 0 amide bonds. The van der Waals surface area contributed by atoms with E-state index in [-0.39, 0.29) is 0 Å². The van der Waals surface area contributed by atoms with E-state index in [4.69, 9.17) is 0 Å². The van der Waals surface area contributed by atoms with Gasteiger partial charge in [0.05, 0.1) is 6.26 Å². The summed E-state index contributed by atoms with van der Waals surface area (Å²) in [5.74, 6) is 2.33. The summed E-state index contributed by atoms with van der Waals surface area (Å²) in [6.45, 7) is 8.77. The highest BCUT2D eigenvalue weighted by molar-refractivity contribution is 7.88. The molecule has 0 aromatic heterocycles. The third kappa shape index (κ3) is 8.01. The van der Waals surface area contributed by atoms with Gasteiger partial charge in [0.15, 0.2) is 5.96 Å². The van der Waals surface area contributed by atoms with E-state index in [0.29, 0.717) is 12.6 Å². The van der Waals surface area contributed by atoms with E-state index in [2.05, 4.69) is 34.2 Å². The van der Waals surface area contributed by atoms with Gasteiger partial charge in [0.2, 0.25) is 10.0 Å². The second-order valence-corrected chi connectivity index (χ2v) is 9.43. The van der Waals surface area contributed by atoms with E-state index in [1.165, 1.54) is 19.1 Å². The molecule has 1 fully saturated rings. The summed E-state index contributed by atoms with van der Waals surface area (Å²) in [4.78, 5) is 4.25. The zero-order chi connectivity index (χ0) is 17.7. The molecule has 0 aromatic rings. The summed E-state index contributed by atoms with van der Waals surface area (Å²) in [5, 5.41) is 6.69. The fourth-order valence-electron chi connectivity index (χ4n) is 3.16. The van der Waals surface area contributed by atoms with Crippen molar-refractivity contribution in [2.75, 3.05) is 19.8 Å². The molecule has 1 aliphatic rings. The van der Waals surface area contributed by atoms with Crippen molar-refractivity contribution in [1.82, 2.24) is 15.4 Å². The third-order valence-electron chi connectivity index (χ3n) is 4.44. The molecule has 1 aliphatic carbocycles. The lowest BCUT2D eigenvalue weighted by Gasteiger charge is -2.33. The van der Waals surface area contributed by atoms with Gasteiger partial charge in [-0.15, -0.1) is 0 Å². The molecule has 136 valence electrons. The second-order valence-electron chi connectivity index (χ2n) is 7.68. The zero-order valence-corrected chi connectivity index (χ0v) is 16.3. The fraction of sp³-hybridized carbons (Fsp3) is 0.938. The molecule has 0 aliphatic heterocycles. The van der Waals surface area contributed by atoms with Crippen LogP contribution < -0.4 is 15.4 Å². The molecule has 3 N–H and O–H groups in total. The number of hydrogen-bond acceptors (Lipinski definition) is 3. The standard InChI is InChI=1S/C16H34N4O2S/c1-12(2)13-7-9-14(10-8-13)19-15(17-5)18-11-16(3,4)20-23(6,21)22/h12-14,20H,7-11H2,1-6H3,(H2,17,18,19). The molecule has 0 aromatic carbocycles. The van der Waals surface area contributed by atoms with E-state index in [1.54, 1.807) is 7.05 Å². The number of hydrogen-bond donors (Lipinski definition) is 3. The van der Waals surface area contributed by atoms with Gasteiger partial charge in [0.25, 0.3) is 0 Å². The minimum absolute atomic E-state index is 0.446. The maximum absolute atomic E-state index is 11.4. The Bertz CT molecular complexity index is 492. The molecule has 0 heterocycles. The van der Waals surface area contributed by atoms with Gasteiger partial charge < -0.3 is 10.6 Å². The molecule has 1 rings (SSSR count). The summed E-state index contributed by atoms with van der Waals surface area (Å²) < 4.78 is 25.4. The molecular weight excluding hydrogens is 312 g/mol. The molecule has 0 radical (unpaired) electrons. The van der Waals surface area contributed by atoms with Crippen LogP contribution in [0, 0.1) is 11.8 Å². The molecule has 0 unspecified atom stereocenters. The Morgan fingerprint density at radius 3 is 2.22 bits per heavy atom. The van der Waals surface area contributed by atoms with Crippen LogP contribution in [0.1, 0.15) is 53.4 Å². The van der Waals surface area contributed by atoms with Gasteiger partial charge in [0, 0.05) is 25.2 Å². The Hall–Kier alpha value is -0.820. The number of nitrogens with one attached hydrogen (secondary N) is 3. The van der Waals surface area contributed by atoms with Crippen molar-refractivity contribution in [3.05, 3.63) is 0 Å². The largest absolute Gasteiger partial charge is 0.355 e. The number of aliphatic imine (C=N–C) groups is 1. The molecule has 0 bridgehead atoms. The highest BCUT2D eigenvalue weighted by Gasteiger charge is 2.25. The SMILES string of the molecule is CN=C(NCC(C)(C)NS(C)(=O)=O)NC1CCC(C(C)C)CC1. The van der Waals surface area contributed by atoms with Gasteiger partial charge in [0.1, 0.15) is 0 Å². The summed E-state index contributed by atoms with van der Waals surface area (Å²) in [6.07, 6.45) is 6.01. The molecule has 0 atom stereocenters. The molecule has 0 spiro atoms. The quantitative estimate of drug-likeness (QED) is 0.505. The number of sulfonamides is 1. The lowest BCUT2D eigenvalue weighted by Crippen LogP contribution is -2.54. The van der Waals surface area contributed by atoms with Crippen molar-refractivity contribution < 1.29 is 8.42 Å². The Labute approximate surface area is 142 Å². The zero-order valence-electron chi connectivity index (χ0n) is 15.4.